The van der Waals surface area contributed by atoms with Gasteiger partial charge in [-0.05, 0) is 43.5 Å². The first-order valence-electron chi connectivity index (χ1n) is 9.60. The molecule has 0 spiro atoms. The van der Waals surface area contributed by atoms with Crippen LogP contribution in [0.5, 0.6) is 0 Å². The van der Waals surface area contributed by atoms with Gasteiger partial charge in [0.2, 0.25) is 0 Å². The molecule has 3 aromatic rings. The molecule has 2 aromatic carbocycles. The highest BCUT2D eigenvalue weighted by molar-refractivity contribution is 9.10. The average molecular weight is 457 g/mol. The topological polar surface area (TPSA) is 60.2 Å². The van der Waals surface area contributed by atoms with Crippen molar-refractivity contribution >= 4 is 21.8 Å². The Morgan fingerprint density at radius 3 is 2.66 bits per heavy atom. The number of aromatic nitrogens is 3. The second-order valence-electron chi connectivity index (χ2n) is 6.79. The van der Waals surface area contributed by atoms with Gasteiger partial charge in [0.25, 0.3) is 5.91 Å². The van der Waals surface area contributed by atoms with Crippen molar-refractivity contribution in [2.75, 3.05) is 26.8 Å². The van der Waals surface area contributed by atoms with E-state index in [0.717, 1.165) is 28.7 Å². The van der Waals surface area contributed by atoms with Crippen LogP contribution in [-0.4, -0.2) is 52.6 Å². The number of methoxy groups -OCH3 is 1. The second kappa shape index (κ2) is 10.3. The fourth-order valence-corrected chi connectivity index (χ4v) is 3.55. The summed E-state index contributed by atoms with van der Waals surface area (Å²) in [7, 11) is 1.64. The minimum Gasteiger partial charge on any atom is -0.383 e. The number of ether oxygens (including phenoxy) is 1. The Kier molecular flexibility index (Phi) is 7.55. The number of hydrogen-bond donors (Lipinski definition) is 0. The summed E-state index contributed by atoms with van der Waals surface area (Å²) >= 11 is 3.47. The SMILES string of the molecule is COCCN(CCCc1ccccc1)C(=O)c1nnn(-c2cccc(Br)c2)c1C. The van der Waals surface area contributed by atoms with Crippen LogP contribution in [-0.2, 0) is 11.2 Å². The summed E-state index contributed by atoms with van der Waals surface area (Å²) in [5.41, 5.74) is 3.22. The number of rotatable bonds is 9. The van der Waals surface area contributed by atoms with Gasteiger partial charge in [-0.15, -0.1) is 5.10 Å². The number of hydrogen-bond acceptors (Lipinski definition) is 4. The third-order valence-corrected chi connectivity index (χ3v) is 5.23. The van der Waals surface area contributed by atoms with Crippen LogP contribution in [0, 0.1) is 6.92 Å². The highest BCUT2D eigenvalue weighted by Crippen LogP contribution is 2.18. The minimum atomic E-state index is -0.117. The van der Waals surface area contributed by atoms with Crippen LogP contribution < -0.4 is 0 Å². The predicted octanol–water partition coefficient (Wildman–Crippen LogP) is 4.06. The van der Waals surface area contributed by atoms with Gasteiger partial charge in [-0.25, -0.2) is 4.68 Å². The lowest BCUT2D eigenvalue weighted by Gasteiger charge is -2.21. The summed E-state index contributed by atoms with van der Waals surface area (Å²) in [5, 5.41) is 8.39. The van der Waals surface area contributed by atoms with E-state index >= 15 is 0 Å². The third kappa shape index (κ3) is 5.52. The standard InChI is InChI=1S/C22H25BrN4O2/c1-17-21(24-25-27(17)20-12-6-11-19(23)16-20)22(28)26(14-15-29-2)13-7-10-18-8-4-3-5-9-18/h3-6,8-9,11-12,16H,7,10,13-15H2,1-2H3. The van der Waals surface area contributed by atoms with Gasteiger partial charge in [-0.1, -0.05) is 57.5 Å². The van der Waals surface area contributed by atoms with Crippen molar-refractivity contribution < 1.29 is 9.53 Å². The summed E-state index contributed by atoms with van der Waals surface area (Å²) in [6, 6.07) is 18.0. The summed E-state index contributed by atoms with van der Waals surface area (Å²) < 4.78 is 7.84. The van der Waals surface area contributed by atoms with Crippen molar-refractivity contribution in [2.24, 2.45) is 0 Å². The minimum absolute atomic E-state index is 0.117. The van der Waals surface area contributed by atoms with Crippen molar-refractivity contribution in [3.8, 4) is 5.69 Å². The zero-order valence-electron chi connectivity index (χ0n) is 16.7. The van der Waals surface area contributed by atoms with Gasteiger partial charge < -0.3 is 9.64 Å². The highest BCUT2D eigenvalue weighted by Gasteiger charge is 2.23. The molecule has 0 N–H and O–H groups in total. The lowest BCUT2D eigenvalue weighted by atomic mass is 10.1. The molecule has 0 unspecified atom stereocenters. The number of halogens is 1. The van der Waals surface area contributed by atoms with Crippen molar-refractivity contribution in [1.82, 2.24) is 19.9 Å². The van der Waals surface area contributed by atoms with Crippen LogP contribution in [0.2, 0.25) is 0 Å². The number of carbonyl (C=O) groups excluding carboxylic acids is 1. The molecule has 0 saturated heterocycles. The van der Waals surface area contributed by atoms with E-state index in [1.807, 2.05) is 49.4 Å². The van der Waals surface area contributed by atoms with Gasteiger partial charge in [0.1, 0.15) is 0 Å². The van der Waals surface area contributed by atoms with Crippen LogP contribution in [0.15, 0.2) is 59.1 Å². The molecule has 0 fully saturated rings. The fraction of sp³-hybridized carbons (Fsp3) is 0.318. The number of amides is 1. The zero-order valence-corrected chi connectivity index (χ0v) is 18.3. The lowest BCUT2D eigenvalue weighted by Crippen LogP contribution is -2.35. The van der Waals surface area contributed by atoms with Crippen LogP contribution in [0.3, 0.4) is 0 Å². The molecule has 0 aliphatic carbocycles. The third-order valence-electron chi connectivity index (χ3n) is 4.74. The number of aryl methyl sites for hydroxylation is 1. The normalized spacial score (nSPS) is 10.9. The second-order valence-corrected chi connectivity index (χ2v) is 7.70. The van der Waals surface area contributed by atoms with E-state index in [0.29, 0.717) is 25.4 Å². The fourth-order valence-electron chi connectivity index (χ4n) is 3.16. The van der Waals surface area contributed by atoms with Crippen molar-refractivity contribution in [3.05, 3.63) is 76.0 Å². The zero-order chi connectivity index (χ0) is 20.6. The van der Waals surface area contributed by atoms with Gasteiger partial charge in [-0.3, -0.25) is 4.79 Å². The molecule has 0 aliphatic rings. The summed E-state index contributed by atoms with van der Waals surface area (Å²) in [6.45, 7) is 3.51. The molecule has 3 rings (SSSR count). The van der Waals surface area contributed by atoms with Crippen LogP contribution in [0.4, 0.5) is 0 Å². The van der Waals surface area contributed by atoms with Crippen LogP contribution >= 0.6 is 15.9 Å². The molecule has 29 heavy (non-hydrogen) atoms. The van der Waals surface area contributed by atoms with Gasteiger partial charge in [0.15, 0.2) is 5.69 Å². The Morgan fingerprint density at radius 2 is 1.93 bits per heavy atom. The molecule has 0 aliphatic heterocycles. The Labute approximate surface area is 179 Å². The molecule has 152 valence electrons. The smallest absolute Gasteiger partial charge is 0.276 e. The Morgan fingerprint density at radius 1 is 1.14 bits per heavy atom. The van der Waals surface area contributed by atoms with E-state index in [2.05, 4.69) is 38.4 Å². The first-order chi connectivity index (χ1) is 14.1. The summed E-state index contributed by atoms with van der Waals surface area (Å²) in [5.74, 6) is -0.117. The van der Waals surface area contributed by atoms with Crippen molar-refractivity contribution in [1.29, 1.82) is 0 Å². The van der Waals surface area contributed by atoms with Crippen LogP contribution in [0.1, 0.15) is 28.2 Å². The highest BCUT2D eigenvalue weighted by atomic mass is 79.9. The molecule has 1 heterocycles. The first-order valence-corrected chi connectivity index (χ1v) is 10.4. The molecule has 1 aromatic heterocycles. The predicted molar refractivity (Wildman–Crippen MR) is 116 cm³/mol. The Hall–Kier alpha value is -2.51. The molecule has 0 saturated carbocycles. The number of carbonyl (C=O) groups is 1. The molecule has 7 heteroatoms. The van der Waals surface area contributed by atoms with Gasteiger partial charge >= 0.3 is 0 Å². The lowest BCUT2D eigenvalue weighted by molar-refractivity contribution is 0.0687. The molecule has 1 amide bonds. The van der Waals surface area contributed by atoms with E-state index in [-0.39, 0.29) is 5.91 Å². The van der Waals surface area contributed by atoms with Crippen LogP contribution in [0.25, 0.3) is 5.69 Å². The molecule has 0 bridgehead atoms. The van der Waals surface area contributed by atoms with E-state index in [1.165, 1.54) is 5.56 Å². The van der Waals surface area contributed by atoms with Crippen molar-refractivity contribution in [2.45, 2.75) is 19.8 Å². The first kappa shape index (κ1) is 21.2. The monoisotopic (exact) mass is 456 g/mol. The molecule has 6 nitrogen and oxygen atoms in total. The van der Waals surface area contributed by atoms with E-state index < -0.39 is 0 Å². The van der Waals surface area contributed by atoms with Gasteiger partial charge in [0.05, 0.1) is 18.0 Å². The Bertz CT molecular complexity index is 943. The molecular formula is C22H25BrN4O2. The average Bonchev–Trinajstić information content (AvgIpc) is 3.12. The molecular weight excluding hydrogens is 432 g/mol. The maximum Gasteiger partial charge on any atom is 0.276 e. The Balaban J connectivity index is 1.73. The van der Waals surface area contributed by atoms with E-state index in [4.69, 9.17) is 4.74 Å². The van der Waals surface area contributed by atoms with E-state index in [1.54, 1.807) is 16.7 Å². The van der Waals surface area contributed by atoms with Crippen molar-refractivity contribution in [3.63, 3.8) is 0 Å². The maximum atomic E-state index is 13.2. The quantitative estimate of drug-likeness (QED) is 0.486. The number of nitrogens with zero attached hydrogens (tertiary/aromatic N) is 4. The largest absolute Gasteiger partial charge is 0.383 e. The molecule has 0 radical (unpaired) electrons. The molecule has 0 atom stereocenters. The van der Waals surface area contributed by atoms with Gasteiger partial charge in [0, 0.05) is 24.7 Å². The summed E-state index contributed by atoms with van der Waals surface area (Å²) in [4.78, 5) is 15.0. The van der Waals surface area contributed by atoms with E-state index in [9.17, 15) is 4.79 Å². The number of benzene rings is 2. The maximum absolute atomic E-state index is 13.2. The summed E-state index contributed by atoms with van der Waals surface area (Å²) in [6.07, 6.45) is 1.79. The van der Waals surface area contributed by atoms with Gasteiger partial charge in [-0.2, -0.15) is 0 Å².